The molecule has 2 aromatic rings. The summed E-state index contributed by atoms with van der Waals surface area (Å²) in [7, 11) is 0. The Morgan fingerprint density at radius 1 is 1.10 bits per heavy atom. The summed E-state index contributed by atoms with van der Waals surface area (Å²) in [6.07, 6.45) is 7.15. The van der Waals surface area contributed by atoms with E-state index in [-0.39, 0.29) is 23.8 Å². The molecule has 3 atom stereocenters. The number of aryl methyl sites for hydroxylation is 2. The second kappa shape index (κ2) is 12.2. The summed E-state index contributed by atoms with van der Waals surface area (Å²) in [5.74, 6) is -0.162. The molecule has 9 heteroatoms. The Morgan fingerprint density at radius 3 is 2.38 bits per heavy atom. The molecule has 8 nitrogen and oxygen atoms in total. The lowest BCUT2D eigenvalue weighted by Gasteiger charge is -2.53. The van der Waals surface area contributed by atoms with E-state index >= 15 is 0 Å². The van der Waals surface area contributed by atoms with Crippen LogP contribution >= 0.6 is 11.6 Å². The lowest BCUT2D eigenvalue weighted by atomic mass is 9.77. The topological polar surface area (TPSA) is 102 Å². The number of aliphatic hydroxyl groups is 1. The quantitative estimate of drug-likeness (QED) is 0.429. The van der Waals surface area contributed by atoms with Gasteiger partial charge in [-0.05, 0) is 69.6 Å². The molecule has 2 saturated heterocycles. The zero-order valence-electron chi connectivity index (χ0n) is 24.1. The fraction of sp³-hybridized carbons (Fsp3) is 0.645. The van der Waals surface area contributed by atoms with E-state index in [0.29, 0.717) is 37.5 Å². The normalized spacial score (nSPS) is 23.8. The second-order valence-corrected chi connectivity index (χ2v) is 12.5. The minimum atomic E-state index is -0.892. The highest BCUT2D eigenvalue weighted by molar-refractivity contribution is 6.30. The Hall–Kier alpha value is -2.42. The van der Waals surface area contributed by atoms with Gasteiger partial charge in [0.2, 0.25) is 11.8 Å². The first kappa shape index (κ1) is 29.1. The van der Waals surface area contributed by atoms with Crippen LogP contribution in [-0.2, 0) is 9.59 Å². The number of hydrogen-bond acceptors (Lipinski definition) is 5. The summed E-state index contributed by atoms with van der Waals surface area (Å²) in [5, 5.41) is 22.6. The summed E-state index contributed by atoms with van der Waals surface area (Å²) in [4.78, 5) is 32.2. The van der Waals surface area contributed by atoms with Gasteiger partial charge in [0.1, 0.15) is 11.6 Å². The molecule has 218 valence electrons. The summed E-state index contributed by atoms with van der Waals surface area (Å²) in [6, 6.07) is 7.06. The number of carbonyl (C=O) groups is 2. The lowest BCUT2D eigenvalue weighted by molar-refractivity contribution is -0.166. The minimum Gasteiger partial charge on any atom is -0.390 e. The highest BCUT2D eigenvalue weighted by Crippen LogP contribution is 2.40. The molecule has 2 aliphatic heterocycles. The number of hydrogen-bond donors (Lipinski definition) is 3. The Morgan fingerprint density at radius 2 is 1.77 bits per heavy atom. The van der Waals surface area contributed by atoms with Crippen LogP contribution in [0.25, 0.3) is 0 Å². The van der Waals surface area contributed by atoms with E-state index in [2.05, 4.69) is 39.5 Å². The number of carbonyl (C=O) groups excluding carboxylic acids is 2. The molecule has 0 radical (unpaired) electrons. The highest BCUT2D eigenvalue weighted by atomic mass is 35.5. The molecule has 1 aromatic heterocycles. The molecular formula is C31H44ClN5O3. The third-order valence-electron chi connectivity index (χ3n) is 9.60. The Bertz CT molecular complexity index is 1160. The molecule has 3 fully saturated rings. The van der Waals surface area contributed by atoms with Crippen molar-refractivity contribution >= 4 is 23.4 Å². The summed E-state index contributed by atoms with van der Waals surface area (Å²) >= 11 is 6.23. The summed E-state index contributed by atoms with van der Waals surface area (Å²) in [5.41, 5.74) is 3.34. The Balaban J connectivity index is 1.40. The molecular weight excluding hydrogens is 526 g/mol. The molecule has 3 aliphatic rings. The van der Waals surface area contributed by atoms with Gasteiger partial charge in [0.15, 0.2) is 0 Å². The van der Waals surface area contributed by atoms with Crippen molar-refractivity contribution in [2.24, 2.45) is 5.92 Å². The zero-order valence-corrected chi connectivity index (χ0v) is 24.8. The van der Waals surface area contributed by atoms with Crippen molar-refractivity contribution < 1.29 is 14.7 Å². The number of piperidine rings is 1. The highest BCUT2D eigenvalue weighted by Gasteiger charge is 2.55. The van der Waals surface area contributed by atoms with E-state index < -0.39 is 17.7 Å². The number of benzene rings is 1. The smallest absolute Gasteiger partial charge is 0.248 e. The first-order chi connectivity index (χ1) is 19.3. The number of H-pyrrole nitrogens is 1. The van der Waals surface area contributed by atoms with E-state index in [9.17, 15) is 14.7 Å². The van der Waals surface area contributed by atoms with Gasteiger partial charge in [-0.25, -0.2) is 0 Å². The third-order valence-corrected chi connectivity index (χ3v) is 9.85. The van der Waals surface area contributed by atoms with E-state index in [1.165, 1.54) is 6.42 Å². The van der Waals surface area contributed by atoms with Crippen LogP contribution in [0.1, 0.15) is 93.3 Å². The van der Waals surface area contributed by atoms with Crippen molar-refractivity contribution in [2.75, 3.05) is 19.6 Å². The van der Waals surface area contributed by atoms with Gasteiger partial charge in [-0.1, -0.05) is 56.3 Å². The molecule has 40 heavy (non-hydrogen) atoms. The van der Waals surface area contributed by atoms with Crippen LogP contribution in [0.3, 0.4) is 0 Å². The van der Waals surface area contributed by atoms with E-state index in [1.54, 1.807) is 0 Å². The molecule has 1 spiro atoms. The van der Waals surface area contributed by atoms with Crippen LogP contribution in [0.15, 0.2) is 24.3 Å². The van der Waals surface area contributed by atoms with Crippen molar-refractivity contribution in [3.8, 4) is 0 Å². The minimum absolute atomic E-state index is 0.0410. The number of unbranched alkanes of at least 4 members (excludes halogenated alkanes) is 1. The summed E-state index contributed by atoms with van der Waals surface area (Å²) in [6.45, 7) is 8.00. The molecule has 1 unspecified atom stereocenters. The standard InChI is InChI=1S/C31H44ClN5O3/c1-4-5-17-37-29(39)26(28(38)23-9-7-6-8-10-23)33-30(40)31(37)15-18-36(19-16-31)27(22-11-13-24(32)14-12-22)25-20(2)34-35-21(25)3/h11-14,23,26-28,38H,4-10,15-19H2,1-3H3,(H,33,40)(H,34,35)/t26-,27?,28-/m1/s1. The maximum atomic E-state index is 14.0. The first-order valence-corrected chi connectivity index (χ1v) is 15.5. The van der Waals surface area contributed by atoms with Crippen molar-refractivity contribution in [2.45, 2.75) is 102 Å². The Labute approximate surface area is 242 Å². The molecule has 1 aromatic carbocycles. The second-order valence-electron chi connectivity index (χ2n) is 12.1. The van der Waals surface area contributed by atoms with Gasteiger partial charge in [-0.15, -0.1) is 0 Å². The number of halogens is 1. The molecule has 0 bridgehead atoms. The fourth-order valence-corrected chi connectivity index (χ4v) is 7.40. The molecule has 2 amide bonds. The average Bonchev–Trinajstić information content (AvgIpc) is 3.30. The van der Waals surface area contributed by atoms with Crippen molar-refractivity contribution in [3.63, 3.8) is 0 Å². The molecule has 5 rings (SSSR count). The number of nitrogens with zero attached hydrogens (tertiary/aromatic N) is 3. The monoisotopic (exact) mass is 569 g/mol. The van der Waals surface area contributed by atoms with E-state index in [1.807, 2.05) is 30.9 Å². The number of piperazine rings is 1. The predicted octanol–water partition coefficient (Wildman–Crippen LogP) is 4.67. The molecule has 1 aliphatic carbocycles. The van der Waals surface area contributed by atoms with Gasteiger partial charge in [0.25, 0.3) is 0 Å². The molecule has 1 saturated carbocycles. The third kappa shape index (κ3) is 5.42. The van der Waals surface area contributed by atoms with Crippen LogP contribution in [0, 0.1) is 19.8 Å². The zero-order chi connectivity index (χ0) is 28.4. The van der Waals surface area contributed by atoms with Gasteiger partial charge < -0.3 is 15.3 Å². The predicted molar refractivity (Wildman–Crippen MR) is 156 cm³/mol. The number of aromatic amines is 1. The maximum absolute atomic E-state index is 14.0. The van der Waals surface area contributed by atoms with E-state index in [4.69, 9.17) is 11.6 Å². The Kier molecular flexibility index (Phi) is 8.88. The molecule has 3 heterocycles. The van der Waals surface area contributed by atoms with Crippen LogP contribution < -0.4 is 5.32 Å². The number of amides is 2. The van der Waals surface area contributed by atoms with Crippen molar-refractivity contribution in [1.82, 2.24) is 25.3 Å². The van der Waals surface area contributed by atoms with Gasteiger partial charge in [-0.3, -0.25) is 19.6 Å². The van der Waals surface area contributed by atoms with Crippen LogP contribution in [0.2, 0.25) is 5.02 Å². The van der Waals surface area contributed by atoms with Gasteiger partial charge >= 0.3 is 0 Å². The van der Waals surface area contributed by atoms with Crippen molar-refractivity contribution in [3.05, 3.63) is 51.8 Å². The first-order valence-electron chi connectivity index (χ1n) is 15.1. The number of aliphatic hydroxyl groups excluding tert-OH is 1. The fourth-order valence-electron chi connectivity index (χ4n) is 7.28. The van der Waals surface area contributed by atoms with Crippen LogP contribution in [0.5, 0.6) is 0 Å². The number of aromatic nitrogens is 2. The SMILES string of the molecule is CCCCN1C(=O)[C@@H]([C@H](O)C2CCCCC2)NC(=O)C12CCN(C(c1ccc(Cl)cc1)c1c(C)n[nH]c1C)CC2. The molecule has 3 N–H and O–H groups in total. The maximum Gasteiger partial charge on any atom is 0.248 e. The number of rotatable bonds is 8. The number of likely N-dealkylation sites (tertiary alicyclic amines) is 1. The van der Waals surface area contributed by atoms with Gasteiger partial charge in [0.05, 0.1) is 17.8 Å². The largest absolute Gasteiger partial charge is 0.390 e. The lowest BCUT2D eigenvalue weighted by Crippen LogP contribution is -2.75. The van der Waals surface area contributed by atoms with E-state index in [0.717, 1.165) is 61.0 Å². The van der Waals surface area contributed by atoms with Gasteiger partial charge in [0, 0.05) is 35.9 Å². The van der Waals surface area contributed by atoms with Crippen molar-refractivity contribution in [1.29, 1.82) is 0 Å². The van der Waals surface area contributed by atoms with Crippen LogP contribution in [-0.4, -0.2) is 74.2 Å². The summed E-state index contributed by atoms with van der Waals surface area (Å²) < 4.78 is 0. The average molecular weight is 570 g/mol. The van der Waals surface area contributed by atoms with Crippen LogP contribution in [0.4, 0.5) is 0 Å². The van der Waals surface area contributed by atoms with Gasteiger partial charge in [-0.2, -0.15) is 5.10 Å². The number of nitrogens with one attached hydrogen (secondary N) is 2.